The van der Waals surface area contributed by atoms with Gasteiger partial charge >= 0.3 is 6.18 Å². The molecule has 0 heterocycles. The molecule has 2 aromatic carbocycles. The summed E-state index contributed by atoms with van der Waals surface area (Å²) in [5.41, 5.74) is 0.765. The molecule has 0 aliphatic heterocycles. The van der Waals surface area contributed by atoms with Crippen molar-refractivity contribution in [2.24, 2.45) is 5.16 Å². The summed E-state index contributed by atoms with van der Waals surface area (Å²) >= 11 is 0. The molecule has 0 fully saturated rings. The maximum Gasteiger partial charge on any atom is 0.437 e. The normalized spacial score (nSPS) is 13.1. The zero-order valence-corrected chi connectivity index (χ0v) is 20.2. The average Bonchev–Trinajstić information content (AvgIpc) is 2.76. The molecule has 0 amide bonds. The number of benzene rings is 2. The molecule has 2 aromatic rings. The molecular formula is C26H32F3NO4. The van der Waals surface area contributed by atoms with E-state index in [9.17, 15) is 13.2 Å². The summed E-state index contributed by atoms with van der Waals surface area (Å²) in [6.07, 6.45) is 0.427. The Balaban J connectivity index is 1.89. The third-order valence-corrected chi connectivity index (χ3v) is 4.91. The minimum Gasteiger partial charge on any atom is -0.493 e. The van der Waals surface area contributed by atoms with E-state index in [1.165, 1.54) is 18.2 Å². The second-order valence-corrected chi connectivity index (χ2v) is 7.83. The highest BCUT2D eigenvalue weighted by Crippen LogP contribution is 2.29. The van der Waals surface area contributed by atoms with Crippen LogP contribution in [-0.2, 0) is 4.84 Å². The Morgan fingerprint density at radius 3 is 2.38 bits per heavy atom. The van der Waals surface area contributed by atoms with Crippen molar-refractivity contribution in [3.05, 3.63) is 65.2 Å². The number of ether oxygens (including phenoxy) is 3. The summed E-state index contributed by atoms with van der Waals surface area (Å²) < 4.78 is 57.1. The lowest BCUT2D eigenvalue weighted by atomic mass is 10.1. The van der Waals surface area contributed by atoms with E-state index in [2.05, 4.69) is 9.99 Å². The van der Waals surface area contributed by atoms with Crippen molar-refractivity contribution in [3.8, 4) is 17.2 Å². The van der Waals surface area contributed by atoms with Crippen LogP contribution >= 0.6 is 0 Å². The molecule has 0 radical (unpaired) electrons. The molecule has 0 spiro atoms. The smallest absolute Gasteiger partial charge is 0.437 e. The molecule has 186 valence electrons. The lowest BCUT2D eigenvalue weighted by Gasteiger charge is -2.17. The predicted molar refractivity (Wildman–Crippen MR) is 127 cm³/mol. The fraction of sp³-hybridized carbons (Fsp3) is 0.423. The van der Waals surface area contributed by atoms with E-state index in [1.807, 2.05) is 52.0 Å². The number of halogens is 3. The van der Waals surface area contributed by atoms with Crippen molar-refractivity contribution in [1.29, 1.82) is 0 Å². The number of rotatable bonds is 12. The van der Waals surface area contributed by atoms with Crippen LogP contribution in [0.15, 0.2) is 53.7 Å². The summed E-state index contributed by atoms with van der Waals surface area (Å²) in [5, 5.41) is 3.12. The van der Waals surface area contributed by atoms with Gasteiger partial charge in [-0.2, -0.15) is 13.2 Å². The monoisotopic (exact) mass is 479 g/mol. The quantitative estimate of drug-likeness (QED) is 0.145. The van der Waals surface area contributed by atoms with Crippen molar-refractivity contribution < 1.29 is 32.2 Å². The van der Waals surface area contributed by atoms with Crippen molar-refractivity contribution in [2.45, 2.75) is 52.8 Å². The van der Waals surface area contributed by atoms with Gasteiger partial charge in [-0.1, -0.05) is 29.4 Å². The van der Waals surface area contributed by atoms with Crippen LogP contribution in [0.2, 0.25) is 0 Å². The Hall–Kier alpha value is -3.16. The molecule has 0 aliphatic rings. The van der Waals surface area contributed by atoms with E-state index in [0.717, 1.165) is 36.2 Å². The minimum atomic E-state index is -4.63. The largest absolute Gasteiger partial charge is 0.493 e. The molecule has 34 heavy (non-hydrogen) atoms. The van der Waals surface area contributed by atoms with Gasteiger partial charge in [-0.05, 0) is 75.9 Å². The van der Waals surface area contributed by atoms with Gasteiger partial charge in [0.25, 0.3) is 0 Å². The van der Waals surface area contributed by atoms with Crippen LogP contribution in [-0.4, -0.2) is 38.3 Å². The Morgan fingerprint density at radius 2 is 1.76 bits per heavy atom. The molecule has 1 unspecified atom stereocenters. The van der Waals surface area contributed by atoms with Gasteiger partial charge in [0.1, 0.15) is 31.0 Å². The highest BCUT2D eigenvalue weighted by Gasteiger charge is 2.38. The predicted octanol–water partition coefficient (Wildman–Crippen LogP) is 6.80. The fourth-order valence-corrected chi connectivity index (χ4v) is 3.37. The number of allylic oxidation sites excluding steroid dienone is 1. The molecule has 1 atom stereocenters. The molecule has 0 N–H and O–H groups in total. The maximum atomic E-state index is 13.2. The molecule has 5 nitrogen and oxygen atoms in total. The van der Waals surface area contributed by atoms with Gasteiger partial charge in [-0.25, -0.2) is 0 Å². The van der Waals surface area contributed by atoms with Gasteiger partial charge in [0.2, 0.25) is 0 Å². The van der Waals surface area contributed by atoms with E-state index >= 15 is 0 Å². The zero-order chi connectivity index (χ0) is 25.1. The van der Waals surface area contributed by atoms with Crippen molar-refractivity contribution >= 4 is 5.71 Å². The lowest BCUT2D eigenvalue weighted by molar-refractivity contribution is -0.0608. The second kappa shape index (κ2) is 12.9. The van der Waals surface area contributed by atoms with E-state index in [1.54, 1.807) is 6.07 Å². The molecule has 0 aromatic heterocycles. The molecule has 0 aliphatic carbocycles. The third-order valence-electron chi connectivity index (χ3n) is 4.91. The SMILES string of the molecule is C/C=C/COc1cc(C)c(OCCCC(C)Oc2cccc(C(=NOC)C(F)(F)F)c2)c(C)c1. The number of oxime groups is 1. The first-order valence-electron chi connectivity index (χ1n) is 11.1. The van der Waals surface area contributed by atoms with E-state index < -0.39 is 11.9 Å². The van der Waals surface area contributed by atoms with Gasteiger partial charge in [0.15, 0.2) is 5.71 Å². The first-order chi connectivity index (χ1) is 16.2. The average molecular weight is 480 g/mol. The Labute approximate surface area is 199 Å². The van der Waals surface area contributed by atoms with Gasteiger partial charge < -0.3 is 19.0 Å². The van der Waals surface area contributed by atoms with Gasteiger partial charge in [0.05, 0.1) is 12.7 Å². The van der Waals surface area contributed by atoms with Crippen molar-refractivity contribution in [1.82, 2.24) is 0 Å². The van der Waals surface area contributed by atoms with E-state index in [-0.39, 0.29) is 11.7 Å². The van der Waals surface area contributed by atoms with Crippen LogP contribution < -0.4 is 14.2 Å². The number of hydrogen-bond donors (Lipinski definition) is 0. The van der Waals surface area contributed by atoms with Crippen molar-refractivity contribution in [3.63, 3.8) is 0 Å². The molecular weight excluding hydrogens is 447 g/mol. The zero-order valence-electron chi connectivity index (χ0n) is 20.2. The lowest BCUT2D eigenvalue weighted by Crippen LogP contribution is -2.24. The van der Waals surface area contributed by atoms with Gasteiger partial charge in [-0.3, -0.25) is 0 Å². The highest BCUT2D eigenvalue weighted by atomic mass is 19.4. The van der Waals surface area contributed by atoms with E-state index in [0.29, 0.717) is 25.4 Å². The minimum absolute atomic E-state index is 0.119. The molecule has 8 heteroatoms. The van der Waals surface area contributed by atoms with Gasteiger partial charge in [-0.15, -0.1) is 0 Å². The number of aryl methyl sites for hydroxylation is 2. The maximum absolute atomic E-state index is 13.2. The number of alkyl halides is 3. The van der Waals surface area contributed by atoms with Crippen LogP contribution in [0.1, 0.15) is 43.4 Å². The molecule has 0 saturated carbocycles. The van der Waals surface area contributed by atoms with Crippen LogP contribution in [0.5, 0.6) is 17.2 Å². The van der Waals surface area contributed by atoms with Crippen LogP contribution in [0.4, 0.5) is 13.2 Å². The Bertz CT molecular complexity index is 963. The second-order valence-electron chi connectivity index (χ2n) is 7.83. The first kappa shape index (κ1) is 27.1. The van der Waals surface area contributed by atoms with Crippen LogP contribution in [0.3, 0.4) is 0 Å². The topological polar surface area (TPSA) is 49.3 Å². The standard InChI is InChI=1S/C26H32F3NO4/c1-6-7-13-32-23-15-18(2)24(19(3)16-23)33-14-9-10-20(4)34-22-12-8-11-21(17-22)25(30-31-5)26(27,28)29/h6-8,11-12,15-17,20H,9-10,13-14H2,1-5H3/b7-6+,30-25?. The number of nitrogens with zero attached hydrogens (tertiary/aromatic N) is 1. The molecule has 0 bridgehead atoms. The van der Waals surface area contributed by atoms with Crippen molar-refractivity contribution in [2.75, 3.05) is 20.3 Å². The summed E-state index contributed by atoms with van der Waals surface area (Å²) in [4.78, 5) is 4.36. The van der Waals surface area contributed by atoms with Crippen LogP contribution in [0, 0.1) is 13.8 Å². The summed E-state index contributed by atoms with van der Waals surface area (Å²) in [6, 6.07) is 9.64. The Kier molecular flexibility index (Phi) is 10.3. The summed E-state index contributed by atoms with van der Waals surface area (Å²) in [5.74, 6) is 1.96. The number of hydrogen-bond acceptors (Lipinski definition) is 5. The van der Waals surface area contributed by atoms with Crippen LogP contribution in [0.25, 0.3) is 0 Å². The molecule has 0 saturated heterocycles. The molecule has 2 rings (SSSR count). The Morgan fingerprint density at radius 1 is 1.06 bits per heavy atom. The van der Waals surface area contributed by atoms with Gasteiger partial charge in [0, 0.05) is 5.56 Å². The van der Waals surface area contributed by atoms with E-state index in [4.69, 9.17) is 14.2 Å². The fourth-order valence-electron chi connectivity index (χ4n) is 3.37. The third kappa shape index (κ3) is 8.32. The summed E-state index contributed by atoms with van der Waals surface area (Å²) in [7, 11) is 1.08. The highest BCUT2D eigenvalue weighted by molar-refractivity contribution is 6.04. The summed E-state index contributed by atoms with van der Waals surface area (Å²) in [6.45, 7) is 8.78. The first-order valence-corrected chi connectivity index (χ1v) is 11.1.